The highest BCUT2D eigenvalue weighted by Gasteiger charge is 2.48. The van der Waals surface area contributed by atoms with E-state index in [9.17, 15) is 0 Å². The summed E-state index contributed by atoms with van der Waals surface area (Å²) in [6.07, 6.45) is 10.5. The van der Waals surface area contributed by atoms with Crippen LogP contribution in [-0.4, -0.2) is 79.2 Å². The Balaban J connectivity index is 1.45. The van der Waals surface area contributed by atoms with Crippen LogP contribution in [0.1, 0.15) is 98.9 Å². The van der Waals surface area contributed by atoms with Crippen LogP contribution in [0.5, 0.6) is 0 Å². The molecule has 2 aliphatic carbocycles. The first kappa shape index (κ1) is 36.9. The molecule has 0 spiro atoms. The van der Waals surface area contributed by atoms with Crippen molar-refractivity contribution < 1.29 is 27.2 Å². The molecule has 0 amide bonds. The first-order chi connectivity index (χ1) is 24.5. The standard InChI is InChI=1S/C39H60N4O6Si2/c1-50(2,3)48-38(18-12-8-13-19-38)36-40-32(34(46-36)42-22-26-44-27-23-42)31(30-16-10-7-11-17-30)33-35(43-24-28-45-29-25-43)47-37(41-33)39(49-51(4,5)6)20-14-9-15-21-39/h7,10-11,16-17,31H,8-9,12-15,18-29H2,1-6H3. The normalized spacial score (nSPS) is 21.7. The Morgan fingerprint density at radius 2 is 0.980 bits per heavy atom. The van der Waals surface area contributed by atoms with E-state index in [1.807, 2.05) is 0 Å². The number of hydrogen-bond acceptors (Lipinski definition) is 10. The van der Waals surface area contributed by atoms with Crippen LogP contribution in [0, 0.1) is 0 Å². The summed E-state index contributed by atoms with van der Waals surface area (Å²) in [4.78, 5) is 15.8. The molecule has 2 aromatic heterocycles. The van der Waals surface area contributed by atoms with Crippen molar-refractivity contribution in [3.05, 3.63) is 59.1 Å². The van der Waals surface area contributed by atoms with Gasteiger partial charge in [0.15, 0.2) is 16.6 Å². The van der Waals surface area contributed by atoms with Crippen molar-refractivity contribution in [3.8, 4) is 0 Å². The summed E-state index contributed by atoms with van der Waals surface area (Å²) in [6, 6.07) is 10.7. The average Bonchev–Trinajstić information content (AvgIpc) is 3.76. The molecule has 4 aliphatic rings. The number of morpholine rings is 2. The Bertz CT molecular complexity index is 1480. The number of hydrogen-bond donors (Lipinski definition) is 0. The van der Waals surface area contributed by atoms with Crippen LogP contribution in [0.25, 0.3) is 0 Å². The quantitative estimate of drug-likeness (QED) is 0.178. The Morgan fingerprint density at radius 3 is 1.35 bits per heavy atom. The lowest BCUT2D eigenvalue weighted by Gasteiger charge is -2.39. The lowest BCUT2D eigenvalue weighted by Crippen LogP contribution is -2.42. The van der Waals surface area contributed by atoms with E-state index in [1.54, 1.807) is 0 Å². The largest absolute Gasteiger partial charge is 0.422 e. The van der Waals surface area contributed by atoms with Crippen molar-refractivity contribution >= 4 is 28.4 Å². The molecule has 51 heavy (non-hydrogen) atoms. The lowest BCUT2D eigenvalue weighted by atomic mass is 9.84. The number of anilines is 2. The van der Waals surface area contributed by atoms with Gasteiger partial charge in [-0.3, -0.25) is 0 Å². The fourth-order valence-corrected chi connectivity index (χ4v) is 11.6. The molecule has 1 aromatic carbocycles. The van der Waals surface area contributed by atoms with Gasteiger partial charge in [-0.2, -0.15) is 0 Å². The van der Waals surface area contributed by atoms with E-state index < -0.39 is 27.8 Å². The molecule has 0 atom stereocenters. The predicted octanol–water partition coefficient (Wildman–Crippen LogP) is 8.54. The molecule has 12 heteroatoms. The van der Waals surface area contributed by atoms with Crippen LogP contribution in [0.3, 0.4) is 0 Å². The molecule has 2 saturated carbocycles. The SMILES string of the molecule is C[Si](C)(C)OC1(c2nc(C(c3ccccc3)c3nc(C4(O[Si](C)(C)C)CCCCC4)oc3N3CCOCC3)c(N3CCOCC3)o2)CCCCC1. The highest BCUT2D eigenvalue weighted by Crippen LogP contribution is 2.50. The minimum atomic E-state index is -1.97. The van der Waals surface area contributed by atoms with Crippen molar-refractivity contribution in [2.75, 3.05) is 62.4 Å². The molecule has 2 saturated heterocycles. The van der Waals surface area contributed by atoms with Gasteiger partial charge in [0.25, 0.3) is 0 Å². The molecule has 2 aliphatic heterocycles. The third-order valence-electron chi connectivity index (χ3n) is 10.7. The summed E-state index contributed by atoms with van der Waals surface area (Å²) in [5.41, 5.74) is 1.78. The smallest absolute Gasteiger partial charge is 0.228 e. The van der Waals surface area contributed by atoms with Gasteiger partial charge in [0.2, 0.25) is 23.5 Å². The summed E-state index contributed by atoms with van der Waals surface area (Å²) in [5, 5.41) is 0. The zero-order valence-corrected chi connectivity index (χ0v) is 33.9. The molecular weight excluding hydrogens is 677 g/mol. The van der Waals surface area contributed by atoms with Gasteiger partial charge in [0.1, 0.15) is 22.6 Å². The van der Waals surface area contributed by atoms with Crippen LogP contribution < -0.4 is 9.80 Å². The molecule has 280 valence electrons. The lowest BCUT2D eigenvalue weighted by molar-refractivity contribution is -0.00635. The molecule has 4 fully saturated rings. The Kier molecular flexibility index (Phi) is 10.9. The number of aromatic nitrogens is 2. The second kappa shape index (κ2) is 15.1. The van der Waals surface area contributed by atoms with Crippen LogP contribution in [-0.2, 0) is 29.5 Å². The van der Waals surface area contributed by atoms with Crippen molar-refractivity contribution in [2.24, 2.45) is 0 Å². The van der Waals surface area contributed by atoms with Crippen molar-refractivity contribution in [1.82, 2.24) is 9.97 Å². The molecule has 4 heterocycles. The number of oxazole rings is 2. The molecule has 0 radical (unpaired) electrons. The maximum atomic E-state index is 7.13. The first-order valence-electron chi connectivity index (χ1n) is 19.6. The van der Waals surface area contributed by atoms with Crippen LogP contribution >= 0.6 is 0 Å². The zero-order chi connectivity index (χ0) is 35.7. The van der Waals surface area contributed by atoms with Gasteiger partial charge in [-0.15, -0.1) is 0 Å². The molecule has 0 bridgehead atoms. The van der Waals surface area contributed by atoms with Gasteiger partial charge in [0, 0.05) is 26.2 Å². The minimum absolute atomic E-state index is 0.336. The van der Waals surface area contributed by atoms with Crippen molar-refractivity contribution in [2.45, 2.75) is 121 Å². The summed E-state index contributed by atoms with van der Waals surface area (Å²) >= 11 is 0. The molecule has 7 rings (SSSR count). The van der Waals surface area contributed by atoms with Crippen molar-refractivity contribution in [3.63, 3.8) is 0 Å². The number of ether oxygens (including phenoxy) is 2. The van der Waals surface area contributed by atoms with E-state index in [0.29, 0.717) is 38.2 Å². The molecule has 0 N–H and O–H groups in total. The van der Waals surface area contributed by atoms with Crippen LogP contribution in [0.4, 0.5) is 11.8 Å². The number of rotatable bonds is 11. The first-order valence-corrected chi connectivity index (χ1v) is 26.4. The Hall–Kier alpha value is -2.49. The summed E-state index contributed by atoms with van der Waals surface area (Å²) < 4.78 is 40.2. The summed E-state index contributed by atoms with van der Waals surface area (Å²) in [7, 11) is -3.94. The topological polar surface area (TPSA) is 95.5 Å². The third-order valence-corrected chi connectivity index (χ3v) is 12.7. The van der Waals surface area contributed by atoms with Crippen molar-refractivity contribution in [1.29, 1.82) is 0 Å². The van der Waals surface area contributed by atoms with Gasteiger partial charge in [-0.1, -0.05) is 68.9 Å². The zero-order valence-electron chi connectivity index (χ0n) is 31.9. The van der Waals surface area contributed by atoms with Gasteiger partial charge in [0.05, 0.1) is 32.3 Å². The fraction of sp³-hybridized carbons (Fsp3) is 0.692. The molecule has 0 unspecified atom stereocenters. The van der Waals surface area contributed by atoms with E-state index in [4.69, 9.17) is 37.1 Å². The minimum Gasteiger partial charge on any atom is -0.422 e. The second-order valence-corrected chi connectivity index (χ2v) is 25.9. The number of nitrogens with zero attached hydrogens (tertiary/aromatic N) is 4. The van der Waals surface area contributed by atoms with Gasteiger partial charge < -0.3 is 37.0 Å². The predicted molar refractivity (Wildman–Crippen MR) is 205 cm³/mol. The summed E-state index contributed by atoms with van der Waals surface area (Å²) in [6.45, 7) is 19.2. The van der Waals surface area contributed by atoms with E-state index in [0.717, 1.165) is 106 Å². The maximum absolute atomic E-state index is 7.13. The van der Waals surface area contributed by atoms with E-state index in [-0.39, 0.29) is 5.92 Å². The highest BCUT2D eigenvalue weighted by molar-refractivity contribution is 6.70. The van der Waals surface area contributed by atoms with E-state index in [2.05, 4.69) is 79.4 Å². The molecular formula is C39H60N4O6Si2. The molecule has 3 aromatic rings. The van der Waals surface area contributed by atoms with E-state index in [1.165, 1.54) is 12.8 Å². The number of benzene rings is 1. The third kappa shape index (κ3) is 8.21. The Labute approximate surface area is 306 Å². The van der Waals surface area contributed by atoms with Gasteiger partial charge in [-0.25, -0.2) is 9.97 Å². The van der Waals surface area contributed by atoms with Crippen LogP contribution in [0.2, 0.25) is 39.3 Å². The second-order valence-electron chi connectivity index (χ2n) is 17.0. The monoisotopic (exact) mass is 736 g/mol. The van der Waals surface area contributed by atoms with Gasteiger partial charge in [-0.05, 0) is 70.5 Å². The Morgan fingerprint density at radius 1 is 0.588 bits per heavy atom. The summed E-state index contributed by atoms with van der Waals surface area (Å²) in [5.74, 6) is 2.69. The average molecular weight is 737 g/mol. The maximum Gasteiger partial charge on any atom is 0.228 e. The van der Waals surface area contributed by atoms with Gasteiger partial charge >= 0.3 is 0 Å². The fourth-order valence-electron chi connectivity index (χ4n) is 8.63. The molecule has 10 nitrogen and oxygen atoms in total. The highest BCUT2D eigenvalue weighted by atomic mass is 28.4. The van der Waals surface area contributed by atoms with Crippen LogP contribution in [0.15, 0.2) is 39.2 Å². The van der Waals surface area contributed by atoms with E-state index >= 15 is 0 Å².